The Morgan fingerprint density at radius 2 is 1.17 bits per heavy atom. The van der Waals surface area contributed by atoms with E-state index in [1.54, 1.807) is 0 Å². The number of unbranched alkanes of at least 4 members (excludes halogenated alkanes) is 11. The highest BCUT2D eigenvalue weighted by Crippen LogP contribution is 2.10. The zero-order chi connectivity index (χ0) is 17.2. The number of carbonyl (C=O) groups is 2. The molecule has 0 unspecified atom stereocenters. The Morgan fingerprint density at radius 3 is 1.74 bits per heavy atom. The number of esters is 1. The lowest BCUT2D eigenvalue weighted by atomic mass is 10.1. The number of carboxylic acid groups (broad SMARTS) is 1. The topological polar surface area (TPSA) is 63.6 Å². The maximum absolute atomic E-state index is 11.5. The molecule has 4 nitrogen and oxygen atoms in total. The molecule has 0 bridgehead atoms. The fourth-order valence-electron chi connectivity index (χ4n) is 2.57. The first-order chi connectivity index (χ1) is 11.2. The van der Waals surface area contributed by atoms with Crippen LogP contribution in [0.15, 0.2) is 0 Å². The molecule has 0 aromatic heterocycles. The van der Waals surface area contributed by atoms with E-state index in [4.69, 9.17) is 9.84 Å². The molecule has 0 aliphatic heterocycles. The van der Waals surface area contributed by atoms with E-state index in [0.29, 0.717) is 13.0 Å². The van der Waals surface area contributed by atoms with Gasteiger partial charge in [0.2, 0.25) is 0 Å². The number of carbonyl (C=O) groups excluding carboxylic acids is 1. The van der Waals surface area contributed by atoms with Crippen molar-refractivity contribution in [1.82, 2.24) is 0 Å². The fourth-order valence-corrected chi connectivity index (χ4v) is 2.57. The van der Waals surface area contributed by atoms with Gasteiger partial charge in [0.1, 0.15) is 0 Å². The van der Waals surface area contributed by atoms with E-state index in [1.807, 2.05) is 0 Å². The zero-order valence-corrected chi connectivity index (χ0v) is 15.0. The van der Waals surface area contributed by atoms with E-state index < -0.39 is 5.97 Å². The molecule has 0 aliphatic carbocycles. The second-order valence-corrected chi connectivity index (χ2v) is 6.36. The lowest BCUT2D eigenvalue weighted by Gasteiger charge is -2.05. The van der Waals surface area contributed by atoms with Crippen LogP contribution in [0.1, 0.15) is 103 Å². The van der Waals surface area contributed by atoms with Crippen molar-refractivity contribution in [2.45, 2.75) is 103 Å². The summed E-state index contributed by atoms with van der Waals surface area (Å²) in [6.45, 7) is 2.75. The molecule has 0 heterocycles. The monoisotopic (exact) mass is 328 g/mol. The van der Waals surface area contributed by atoms with Crippen molar-refractivity contribution in [2.24, 2.45) is 0 Å². The van der Waals surface area contributed by atoms with Gasteiger partial charge in [0.15, 0.2) is 0 Å². The summed E-state index contributed by atoms with van der Waals surface area (Å²) >= 11 is 0. The second kappa shape index (κ2) is 17.3. The Morgan fingerprint density at radius 1 is 0.696 bits per heavy atom. The zero-order valence-electron chi connectivity index (χ0n) is 15.0. The summed E-state index contributed by atoms with van der Waals surface area (Å²) in [6.07, 6.45) is 15.2. The Kier molecular flexibility index (Phi) is 16.5. The Bertz CT molecular complexity index is 289. The van der Waals surface area contributed by atoms with E-state index in [2.05, 4.69) is 6.92 Å². The normalized spacial score (nSPS) is 10.7. The standard InChI is InChI=1S/C19H36O4/c1-2-3-4-5-10-13-16-19(22)23-17-14-11-8-6-7-9-12-15-18(20)21/h2-17H2,1H3,(H,20,21). The van der Waals surface area contributed by atoms with Crippen LogP contribution in [0.4, 0.5) is 0 Å². The molecule has 0 spiro atoms. The molecule has 0 aliphatic rings. The predicted octanol–water partition coefficient (Wildman–Crippen LogP) is 5.49. The third kappa shape index (κ3) is 18.9. The summed E-state index contributed by atoms with van der Waals surface area (Å²) in [5.74, 6) is -0.748. The minimum absolute atomic E-state index is 0.0471. The highest BCUT2D eigenvalue weighted by atomic mass is 16.5. The van der Waals surface area contributed by atoms with Gasteiger partial charge in [0.25, 0.3) is 0 Å². The first kappa shape index (κ1) is 21.9. The summed E-state index contributed by atoms with van der Waals surface area (Å²) in [7, 11) is 0. The largest absolute Gasteiger partial charge is 0.481 e. The van der Waals surface area contributed by atoms with Gasteiger partial charge in [-0.1, -0.05) is 71.1 Å². The number of carboxylic acids is 1. The molecule has 0 aromatic rings. The number of rotatable bonds is 17. The minimum atomic E-state index is -0.701. The first-order valence-electron chi connectivity index (χ1n) is 9.54. The molecule has 0 fully saturated rings. The molecule has 0 saturated heterocycles. The van der Waals surface area contributed by atoms with Crippen molar-refractivity contribution in [3.05, 3.63) is 0 Å². The van der Waals surface area contributed by atoms with Crippen LogP contribution in [0, 0.1) is 0 Å². The predicted molar refractivity (Wildman–Crippen MR) is 93.5 cm³/mol. The van der Waals surface area contributed by atoms with Gasteiger partial charge >= 0.3 is 11.9 Å². The Hall–Kier alpha value is -1.06. The van der Waals surface area contributed by atoms with Gasteiger partial charge in [0.05, 0.1) is 6.61 Å². The number of hydrogen-bond acceptors (Lipinski definition) is 3. The summed E-state index contributed by atoms with van der Waals surface area (Å²) in [4.78, 5) is 21.9. The van der Waals surface area contributed by atoms with Crippen molar-refractivity contribution in [1.29, 1.82) is 0 Å². The number of hydrogen-bond donors (Lipinski definition) is 1. The van der Waals surface area contributed by atoms with Crippen LogP contribution in [-0.4, -0.2) is 23.7 Å². The lowest BCUT2D eigenvalue weighted by Crippen LogP contribution is -2.05. The average molecular weight is 328 g/mol. The van der Waals surface area contributed by atoms with Crippen LogP contribution in [0.5, 0.6) is 0 Å². The molecule has 0 radical (unpaired) electrons. The van der Waals surface area contributed by atoms with Gasteiger partial charge in [-0.25, -0.2) is 0 Å². The fraction of sp³-hybridized carbons (Fsp3) is 0.895. The summed E-state index contributed by atoms with van der Waals surface area (Å²) < 4.78 is 5.24. The first-order valence-corrected chi connectivity index (χ1v) is 9.54. The van der Waals surface area contributed by atoms with Crippen LogP contribution >= 0.6 is 0 Å². The van der Waals surface area contributed by atoms with Gasteiger partial charge in [-0.15, -0.1) is 0 Å². The maximum atomic E-state index is 11.5. The number of aliphatic carboxylic acids is 1. The molecule has 0 atom stereocenters. The SMILES string of the molecule is CCCCCCCCC(=O)OCCCCCCCCCC(=O)O. The highest BCUT2D eigenvalue weighted by molar-refractivity contribution is 5.69. The van der Waals surface area contributed by atoms with Gasteiger partial charge in [-0.05, 0) is 19.3 Å². The summed E-state index contributed by atoms with van der Waals surface area (Å²) in [5.41, 5.74) is 0. The molecular weight excluding hydrogens is 292 g/mol. The molecule has 0 rings (SSSR count). The van der Waals surface area contributed by atoms with Gasteiger partial charge in [-0.2, -0.15) is 0 Å². The summed E-state index contributed by atoms with van der Waals surface area (Å²) in [5, 5.41) is 8.52. The molecular formula is C19H36O4. The third-order valence-corrected chi connectivity index (χ3v) is 4.03. The number of ether oxygens (including phenoxy) is 1. The highest BCUT2D eigenvalue weighted by Gasteiger charge is 2.02. The molecule has 23 heavy (non-hydrogen) atoms. The quantitative estimate of drug-likeness (QED) is 0.283. The van der Waals surface area contributed by atoms with Crippen molar-refractivity contribution in [2.75, 3.05) is 6.61 Å². The molecule has 4 heteroatoms. The van der Waals surface area contributed by atoms with Crippen molar-refractivity contribution in [3.63, 3.8) is 0 Å². The van der Waals surface area contributed by atoms with E-state index in [1.165, 1.54) is 25.7 Å². The van der Waals surface area contributed by atoms with Crippen LogP contribution < -0.4 is 0 Å². The van der Waals surface area contributed by atoms with E-state index in [9.17, 15) is 9.59 Å². The molecule has 0 saturated carbocycles. The molecule has 0 aromatic carbocycles. The van der Waals surface area contributed by atoms with E-state index in [0.717, 1.165) is 57.8 Å². The third-order valence-electron chi connectivity index (χ3n) is 4.03. The van der Waals surface area contributed by atoms with Crippen molar-refractivity contribution < 1.29 is 19.4 Å². The average Bonchev–Trinajstić information content (AvgIpc) is 2.52. The van der Waals surface area contributed by atoms with Crippen LogP contribution in [0.25, 0.3) is 0 Å². The Labute approximate surface area is 142 Å². The van der Waals surface area contributed by atoms with Crippen LogP contribution in [0.2, 0.25) is 0 Å². The van der Waals surface area contributed by atoms with Crippen LogP contribution in [0.3, 0.4) is 0 Å². The Balaban J connectivity index is 3.16. The lowest BCUT2D eigenvalue weighted by molar-refractivity contribution is -0.144. The summed E-state index contributed by atoms with van der Waals surface area (Å²) in [6, 6.07) is 0. The smallest absolute Gasteiger partial charge is 0.305 e. The van der Waals surface area contributed by atoms with Crippen molar-refractivity contribution >= 4 is 11.9 Å². The van der Waals surface area contributed by atoms with E-state index >= 15 is 0 Å². The molecule has 0 amide bonds. The van der Waals surface area contributed by atoms with E-state index in [-0.39, 0.29) is 12.4 Å². The van der Waals surface area contributed by atoms with Crippen molar-refractivity contribution in [3.8, 4) is 0 Å². The van der Waals surface area contributed by atoms with Gasteiger partial charge in [0, 0.05) is 12.8 Å². The second-order valence-electron chi connectivity index (χ2n) is 6.36. The molecule has 1 N–H and O–H groups in total. The molecule has 136 valence electrons. The minimum Gasteiger partial charge on any atom is -0.481 e. The van der Waals surface area contributed by atoms with Crippen LogP contribution in [-0.2, 0) is 14.3 Å². The van der Waals surface area contributed by atoms with Gasteiger partial charge < -0.3 is 9.84 Å². The maximum Gasteiger partial charge on any atom is 0.305 e. The van der Waals surface area contributed by atoms with Gasteiger partial charge in [-0.3, -0.25) is 9.59 Å².